The Balaban J connectivity index is 4.54. The average molecular weight is 654 g/mol. The number of hydrogen-bond donors (Lipinski definition) is 4. The van der Waals surface area contributed by atoms with Crippen LogP contribution < -0.4 is 5.32 Å². The van der Waals surface area contributed by atoms with Crippen molar-refractivity contribution in [3.8, 4) is 0 Å². The molecule has 0 bridgehead atoms. The van der Waals surface area contributed by atoms with E-state index < -0.39 is 47.5 Å². The molecule has 10 nitrogen and oxygen atoms in total. The van der Waals surface area contributed by atoms with Gasteiger partial charge in [0.25, 0.3) is 0 Å². The van der Waals surface area contributed by atoms with Crippen LogP contribution in [0.5, 0.6) is 0 Å². The average Bonchev–Trinajstić information content (AvgIpc) is 2.99. The van der Waals surface area contributed by atoms with Crippen LogP contribution in [0.2, 0.25) is 0 Å². The van der Waals surface area contributed by atoms with Gasteiger partial charge in [-0.25, -0.2) is 4.79 Å². The van der Waals surface area contributed by atoms with Crippen molar-refractivity contribution >= 4 is 35.4 Å². The predicted octanol–water partition coefficient (Wildman–Crippen LogP) is 7.89. The van der Waals surface area contributed by atoms with E-state index in [9.17, 15) is 44.1 Å². The van der Waals surface area contributed by atoms with Crippen LogP contribution >= 0.6 is 0 Å². The SMILES string of the molecule is CCCCCCCCCCCCC(=O)C(C(=O)O)C(=O)NC(CCCCC(C(=O)O)C(=O)CCCCCCCCCCC)C(=O)O. The maximum Gasteiger partial charge on any atom is 0.326 e. The summed E-state index contributed by atoms with van der Waals surface area (Å²) in [5.41, 5.74) is 0. The summed E-state index contributed by atoms with van der Waals surface area (Å²) in [5, 5.41) is 30.9. The normalized spacial score (nSPS) is 13.1. The fourth-order valence-electron chi connectivity index (χ4n) is 5.74. The Morgan fingerprint density at radius 3 is 1.24 bits per heavy atom. The van der Waals surface area contributed by atoms with E-state index in [1.165, 1.54) is 64.2 Å². The van der Waals surface area contributed by atoms with Gasteiger partial charge in [0.05, 0.1) is 0 Å². The van der Waals surface area contributed by atoms with E-state index in [4.69, 9.17) is 0 Å². The number of aliphatic carboxylic acids is 3. The molecule has 0 aliphatic carbocycles. The number of unbranched alkanes of at least 4 members (excludes halogenated alkanes) is 18. The minimum Gasteiger partial charge on any atom is -0.481 e. The highest BCUT2D eigenvalue weighted by molar-refractivity contribution is 6.16. The molecule has 3 atom stereocenters. The lowest BCUT2D eigenvalue weighted by atomic mass is 9.92. The number of rotatable bonds is 33. The maximum atomic E-state index is 12.7. The van der Waals surface area contributed by atoms with E-state index in [-0.39, 0.29) is 44.3 Å². The third-order valence-electron chi connectivity index (χ3n) is 8.67. The Morgan fingerprint density at radius 1 is 0.457 bits per heavy atom. The number of nitrogens with one attached hydrogen (secondary N) is 1. The van der Waals surface area contributed by atoms with E-state index in [1.807, 2.05) is 0 Å². The monoisotopic (exact) mass is 653 g/mol. The van der Waals surface area contributed by atoms with Gasteiger partial charge in [0.1, 0.15) is 17.7 Å². The van der Waals surface area contributed by atoms with Crippen molar-refractivity contribution in [2.24, 2.45) is 11.8 Å². The van der Waals surface area contributed by atoms with Crippen LogP contribution in [0.15, 0.2) is 0 Å². The molecule has 266 valence electrons. The van der Waals surface area contributed by atoms with Gasteiger partial charge >= 0.3 is 17.9 Å². The summed E-state index contributed by atoms with van der Waals surface area (Å²) in [6.07, 6.45) is 20.8. The molecule has 0 spiro atoms. The molecule has 0 rings (SSSR count). The third kappa shape index (κ3) is 21.9. The maximum absolute atomic E-state index is 12.7. The van der Waals surface area contributed by atoms with Crippen molar-refractivity contribution in [1.82, 2.24) is 5.32 Å². The first-order valence-corrected chi connectivity index (χ1v) is 18.1. The van der Waals surface area contributed by atoms with Crippen LogP contribution in [0, 0.1) is 11.8 Å². The molecule has 46 heavy (non-hydrogen) atoms. The zero-order valence-corrected chi connectivity index (χ0v) is 28.7. The van der Waals surface area contributed by atoms with Crippen molar-refractivity contribution in [1.29, 1.82) is 0 Å². The Labute approximate surface area is 276 Å². The van der Waals surface area contributed by atoms with Gasteiger partial charge < -0.3 is 20.6 Å². The second-order valence-corrected chi connectivity index (χ2v) is 12.8. The summed E-state index contributed by atoms with van der Waals surface area (Å²) in [7, 11) is 0. The summed E-state index contributed by atoms with van der Waals surface area (Å²) >= 11 is 0. The minimum atomic E-state index is -1.98. The number of carbonyl (C=O) groups is 6. The van der Waals surface area contributed by atoms with Gasteiger partial charge in [-0.3, -0.25) is 24.0 Å². The molecule has 0 aromatic carbocycles. The first kappa shape index (κ1) is 43.2. The molecular formula is C36H63NO9. The predicted molar refractivity (Wildman–Crippen MR) is 179 cm³/mol. The number of ketones is 2. The summed E-state index contributed by atoms with van der Waals surface area (Å²) < 4.78 is 0. The molecule has 0 aromatic rings. The molecule has 0 aliphatic rings. The Morgan fingerprint density at radius 2 is 0.848 bits per heavy atom. The first-order valence-electron chi connectivity index (χ1n) is 18.1. The van der Waals surface area contributed by atoms with Crippen molar-refractivity contribution in [2.45, 2.75) is 180 Å². The van der Waals surface area contributed by atoms with Gasteiger partial charge in [0.15, 0.2) is 11.7 Å². The van der Waals surface area contributed by atoms with Crippen molar-refractivity contribution in [3.63, 3.8) is 0 Å². The number of amides is 1. The topological polar surface area (TPSA) is 175 Å². The Bertz CT molecular complexity index is 889. The lowest BCUT2D eigenvalue weighted by molar-refractivity contribution is -0.153. The van der Waals surface area contributed by atoms with Gasteiger partial charge in [-0.2, -0.15) is 0 Å². The number of carboxylic acids is 3. The molecule has 0 saturated carbocycles. The quantitative estimate of drug-likeness (QED) is 0.0405. The van der Waals surface area contributed by atoms with Crippen LogP contribution in [0.4, 0.5) is 0 Å². The third-order valence-corrected chi connectivity index (χ3v) is 8.67. The lowest BCUT2D eigenvalue weighted by Crippen LogP contribution is -2.47. The van der Waals surface area contributed by atoms with Gasteiger partial charge in [0, 0.05) is 12.8 Å². The van der Waals surface area contributed by atoms with E-state index in [0.717, 1.165) is 44.9 Å². The van der Waals surface area contributed by atoms with E-state index in [0.29, 0.717) is 12.8 Å². The number of carbonyl (C=O) groups excluding carboxylic acids is 3. The van der Waals surface area contributed by atoms with Crippen molar-refractivity contribution in [2.75, 3.05) is 0 Å². The van der Waals surface area contributed by atoms with Crippen LogP contribution in [0.3, 0.4) is 0 Å². The molecule has 10 heteroatoms. The fourth-order valence-corrected chi connectivity index (χ4v) is 5.74. The van der Waals surface area contributed by atoms with E-state index in [2.05, 4.69) is 19.2 Å². The van der Waals surface area contributed by atoms with Crippen LogP contribution in [0.25, 0.3) is 0 Å². The second kappa shape index (κ2) is 28.4. The molecule has 0 aromatic heterocycles. The van der Waals surface area contributed by atoms with Crippen LogP contribution in [-0.4, -0.2) is 56.7 Å². The molecule has 1 amide bonds. The smallest absolute Gasteiger partial charge is 0.326 e. The zero-order valence-electron chi connectivity index (χ0n) is 28.7. The largest absolute Gasteiger partial charge is 0.481 e. The number of Topliss-reactive ketones (excluding diaryl/α,β-unsaturated/α-hetero) is 2. The minimum absolute atomic E-state index is 0.0565. The number of carboxylic acid groups (broad SMARTS) is 3. The van der Waals surface area contributed by atoms with Gasteiger partial charge in [0.2, 0.25) is 5.91 Å². The van der Waals surface area contributed by atoms with Crippen LogP contribution in [-0.2, 0) is 28.8 Å². The summed E-state index contributed by atoms with van der Waals surface area (Å²) in [5.74, 6) is -9.57. The summed E-state index contributed by atoms with van der Waals surface area (Å²) in [6.45, 7) is 4.36. The summed E-state index contributed by atoms with van der Waals surface area (Å²) in [6, 6.07) is -1.43. The molecular weight excluding hydrogens is 590 g/mol. The zero-order chi connectivity index (χ0) is 34.6. The second-order valence-electron chi connectivity index (χ2n) is 12.8. The van der Waals surface area contributed by atoms with Gasteiger partial charge in [-0.15, -0.1) is 0 Å². The molecule has 3 unspecified atom stereocenters. The standard InChI is InChI=1S/C36H63NO9/c1-3-5-7-9-11-13-15-17-19-21-27-31(39)32(36(45)46)33(40)37-29(35(43)44)25-23-22-24-28(34(41)42)30(38)26-20-18-16-14-12-10-8-6-4-2/h28-29,32H,3-27H2,1-2H3,(H,37,40)(H,41,42)(H,43,44)(H,45,46). The lowest BCUT2D eigenvalue weighted by Gasteiger charge is -2.18. The summed E-state index contributed by atoms with van der Waals surface area (Å²) in [4.78, 5) is 73.0. The van der Waals surface area contributed by atoms with Gasteiger partial charge in [-0.05, 0) is 25.7 Å². The molecule has 0 saturated heterocycles. The van der Waals surface area contributed by atoms with E-state index >= 15 is 0 Å². The highest BCUT2D eigenvalue weighted by Crippen LogP contribution is 2.18. The Kier molecular flexibility index (Phi) is 26.7. The van der Waals surface area contributed by atoms with E-state index in [1.54, 1.807) is 0 Å². The molecule has 0 radical (unpaired) electrons. The number of hydrogen-bond acceptors (Lipinski definition) is 6. The highest BCUT2D eigenvalue weighted by atomic mass is 16.4. The highest BCUT2D eigenvalue weighted by Gasteiger charge is 2.35. The molecule has 0 heterocycles. The van der Waals surface area contributed by atoms with Crippen LogP contribution in [0.1, 0.15) is 174 Å². The van der Waals surface area contributed by atoms with Crippen molar-refractivity contribution < 1.29 is 44.1 Å². The first-order chi connectivity index (χ1) is 22.1. The fraction of sp³-hybridized carbons (Fsp3) is 0.833. The van der Waals surface area contributed by atoms with Crippen molar-refractivity contribution in [3.05, 3.63) is 0 Å². The molecule has 0 aliphatic heterocycles. The van der Waals surface area contributed by atoms with Gasteiger partial charge in [-0.1, -0.05) is 136 Å². The molecule has 4 N–H and O–H groups in total. The molecule has 0 fully saturated rings. The Hall–Kier alpha value is -2.78.